The average Bonchev–Trinajstić information content (AvgIpc) is 2.78. The largest absolute Gasteiger partial charge is 0.319 e. The fourth-order valence-electron chi connectivity index (χ4n) is 1.35. The minimum atomic E-state index is -3.18. The first-order valence-corrected chi connectivity index (χ1v) is 8.06. The zero-order valence-corrected chi connectivity index (χ0v) is 12.1. The second-order valence-corrected chi connectivity index (χ2v) is 7.48. The third-order valence-corrected chi connectivity index (χ3v) is 5.10. The Balaban J connectivity index is 2.56. The van der Waals surface area contributed by atoms with Gasteiger partial charge in [0.2, 0.25) is 10.0 Å². The lowest BCUT2D eigenvalue weighted by Crippen LogP contribution is -2.38. The number of sulfonamides is 1. The van der Waals surface area contributed by atoms with Crippen LogP contribution in [-0.4, -0.2) is 34.3 Å². The maximum Gasteiger partial charge on any atom is 0.212 e. The van der Waals surface area contributed by atoms with Crippen molar-refractivity contribution in [3.63, 3.8) is 0 Å². The van der Waals surface area contributed by atoms with Crippen molar-refractivity contribution in [2.45, 2.75) is 19.3 Å². The standard InChI is InChI=1S/C11H20N2O2S2/c1-11(2,10-5-4-7-16-10)9-13-17(14,15)8-6-12-3/h4-5,7,12-13H,6,8-9H2,1-3H3. The average molecular weight is 276 g/mol. The van der Waals surface area contributed by atoms with Crippen molar-refractivity contribution in [1.82, 2.24) is 10.0 Å². The Morgan fingerprint density at radius 3 is 2.65 bits per heavy atom. The van der Waals surface area contributed by atoms with E-state index in [9.17, 15) is 8.42 Å². The van der Waals surface area contributed by atoms with Crippen LogP contribution in [0.4, 0.5) is 0 Å². The van der Waals surface area contributed by atoms with E-state index in [1.54, 1.807) is 18.4 Å². The van der Waals surface area contributed by atoms with Crippen LogP contribution in [0.5, 0.6) is 0 Å². The summed E-state index contributed by atoms with van der Waals surface area (Å²) in [5.41, 5.74) is -0.166. The number of hydrogen-bond acceptors (Lipinski definition) is 4. The van der Waals surface area contributed by atoms with E-state index < -0.39 is 10.0 Å². The van der Waals surface area contributed by atoms with Crippen molar-refractivity contribution in [3.8, 4) is 0 Å². The third-order valence-electron chi connectivity index (χ3n) is 2.54. The van der Waals surface area contributed by atoms with E-state index in [0.717, 1.165) is 0 Å². The van der Waals surface area contributed by atoms with E-state index in [1.807, 2.05) is 31.4 Å². The van der Waals surface area contributed by atoms with Crippen molar-refractivity contribution >= 4 is 21.4 Å². The molecule has 0 aliphatic rings. The van der Waals surface area contributed by atoms with Crippen LogP contribution in [0.3, 0.4) is 0 Å². The third kappa shape index (κ3) is 4.75. The van der Waals surface area contributed by atoms with Gasteiger partial charge in [0.1, 0.15) is 0 Å². The fraction of sp³-hybridized carbons (Fsp3) is 0.636. The summed E-state index contributed by atoms with van der Waals surface area (Å²) >= 11 is 1.65. The molecule has 17 heavy (non-hydrogen) atoms. The first-order chi connectivity index (χ1) is 7.87. The van der Waals surface area contributed by atoms with E-state index in [0.29, 0.717) is 13.1 Å². The quantitative estimate of drug-likeness (QED) is 0.786. The SMILES string of the molecule is CNCCS(=O)(=O)NCC(C)(C)c1cccs1. The molecule has 0 atom stereocenters. The predicted octanol–water partition coefficient (Wildman–Crippen LogP) is 1.16. The number of rotatable bonds is 7. The summed E-state index contributed by atoms with van der Waals surface area (Å²) in [6.45, 7) is 4.98. The second kappa shape index (κ2) is 5.95. The molecule has 0 radical (unpaired) electrons. The van der Waals surface area contributed by atoms with Crippen LogP contribution in [0.15, 0.2) is 17.5 Å². The van der Waals surface area contributed by atoms with Gasteiger partial charge in [-0.1, -0.05) is 19.9 Å². The zero-order valence-electron chi connectivity index (χ0n) is 10.5. The molecule has 2 N–H and O–H groups in total. The minimum absolute atomic E-state index is 0.115. The highest BCUT2D eigenvalue weighted by molar-refractivity contribution is 7.89. The highest BCUT2D eigenvalue weighted by atomic mass is 32.2. The van der Waals surface area contributed by atoms with E-state index in [4.69, 9.17) is 0 Å². The predicted molar refractivity (Wildman–Crippen MR) is 73.1 cm³/mol. The fourth-order valence-corrected chi connectivity index (χ4v) is 3.40. The number of thiophene rings is 1. The Morgan fingerprint density at radius 2 is 2.12 bits per heavy atom. The lowest BCUT2D eigenvalue weighted by atomic mass is 9.92. The van der Waals surface area contributed by atoms with Crippen molar-refractivity contribution in [2.75, 3.05) is 25.9 Å². The summed E-state index contributed by atoms with van der Waals surface area (Å²) in [5.74, 6) is 0.115. The molecule has 0 fully saturated rings. The van der Waals surface area contributed by atoms with Crippen LogP contribution in [0.2, 0.25) is 0 Å². The first kappa shape index (κ1) is 14.6. The van der Waals surface area contributed by atoms with Crippen molar-refractivity contribution in [3.05, 3.63) is 22.4 Å². The molecule has 4 nitrogen and oxygen atoms in total. The van der Waals surface area contributed by atoms with Gasteiger partial charge in [-0.3, -0.25) is 0 Å². The summed E-state index contributed by atoms with van der Waals surface area (Å²) in [4.78, 5) is 1.19. The molecule has 0 bridgehead atoms. The summed E-state index contributed by atoms with van der Waals surface area (Å²) in [5, 5.41) is 4.84. The van der Waals surface area contributed by atoms with Gasteiger partial charge in [0.25, 0.3) is 0 Å². The summed E-state index contributed by atoms with van der Waals surface area (Å²) < 4.78 is 26.0. The Labute approximate surface area is 107 Å². The summed E-state index contributed by atoms with van der Waals surface area (Å²) in [6.07, 6.45) is 0. The van der Waals surface area contributed by atoms with Crippen LogP contribution < -0.4 is 10.0 Å². The Bertz CT molecular complexity index is 424. The molecule has 1 heterocycles. The van der Waals surface area contributed by atoms with Gasteiger partial charge >= 0.3 is 0 Å². The number of hydrogen-bond donors (Lipinski definition) is 2. The lowest BCUT2D eigenvalue weighted by molar-refractivity contribution is 0.509. The molecular weight excluding hydrogens is 256 g/mol. The molecular formula is C11H20N2O2S2. The molecule has 0 aliphatic heterocycles. The van der Waals surface area contributed by atoms with Crippen LogP contribution in [0.1, 0.15) is 18.7 Å². The van der Waals surface area contributed by atoms with E-state index in [-0.39, 0.29) is 11.2 Å². The molecule has 98 valence electrons. The van der Waals surface area contributed by atoms with Crippen LogP contribution in [0.25, 0.3) is 0 Å². The maximum absolute atomic E-state index is 11.7. The topological polar surface area (TPSA) is 58.2 Å². The molecule has 0 aromatic carbocycles. The van der Waals surface area contributed by atoms with Gasteiger partial charge in [-0.15, -0.1) is 11.3 Å². The van der Waals surface area contributed by atoms with Gasteiger partial charge < -0.3 is 5.32 Å². The molecule has 0 spiro atoms. The molecule has 0 unspecified atom stereocenters. The molecule has 1 aromatic rings. The molecule has 0 amide bonds. The molecule has 0 saturated carbocycles. The van der Waals surface area contributed by atoms with Gasteiger partial charge in [-0.2, -0.15) is 0 Å². The molecule has 6 heteroatoms. The van der Waals surface area contributed by atoms with Crippen LogP contribution >= 0.6 is 11.3 Å². The Morgan fingerprint density at radius 1 is 1.41 bits per heavy atom. The molecule has 1 rings (SSSR count). The molecule has 0 saturated heterocycles. The molecule has 0 aliphatic carbocycles. The highest BCUT2D eigenvalue weighted by Gasteiger charge is 2.23. The van der Waals surface area contributed by atoms with E-state index >= 15 is 0 Å². The van der Waals surface area contributed by atoms with Gasteiger partial charge in [0.05, 0.1) is 5.75 Å². The second-order valence-electron chi connectivity index (χ2n) is 4.60. The van der Waals surface area contributed by atoms with Gasteiger partial charge in [0.15, 0.2) is 0 Å². The van der Waals surface area contributed by atoms with Crippen LogP contribution in [0, 0.1) is 0 Å². The van der Waals surface area contributed by atoms with E-state index in [2.05, 4.69) is 10.0 Å². The highest BCUT2D eigenvalue weighted by Crippen LogP contribution is 2.26. The Kier molecular flexibility index (Phi) is 5.12. The summed E-state index contributed by atoms with van der Waals surface area (Å²) in [6, 6.07) is 4.02. The van der Waals surface area contributed by atoms with Crippen molar-refractivity contribution in [1.29, 1.82) is 0 Å². The Hall–Kier alpha value is -0.430. The van der Waals surface area contributed by atoms with Gasteiger partial charge in [-0.25, -0.2) is 13.1 Å². The van der Waals surface area contributed by atoms with Gasteiger partial charge in [-0.05, 0) is 18.5 Å². The monoisotopic (exact) mass is 276 g/mol. The van der Waals surface area contributed by atoms with Gasteiger partial charge in [0, 0.05) is 23.4 Å². The van der Waals surface area contributed by atoms with Crippen molar-refractivity contribution in [2.24, 2.45) is 0 Å². The summed E-state index contributed by atoms with van der Waals surface area (Å²) in [7, 11) is -1.43. The normalized spacial score (nSPS) is 12.9. The smallest absolute Gasteiger partial charge is 0.212 e. The maximum atomic E-state index is 11.7. The zero-order chi connectivity index (χ0) is 12.9. The first-order valence-electron chi connectivity index (χ1n) is 5.53. The molecule has 1 aromatic heterocycles. The van der Waals surface area contributed by atoms with E-state index in [1.165, 1.54) is 4.88 Å². The van der Waals surface area contributed by atoms with Crippen LogP contribution in [-0.2, 0) is 15.4 Å². The lowest BCUT2D eigenvalue weighted by Gasteiger charge is -2.23. The van der Waals surface area contributed by atoms with Crippen molar-refractivity contribution < 1.29 is 8.42 Å². The minimum Gasteiger partial charge on any atom is -0.319 e. The number of nitrogens with one attached hydrogen (secondary N) is 2.